The second kappa shape index (κ2) is 4.83. The lowest BCUT2D eigenvalue weighted by atomic mass is 10.3. The number of nitrogens with one attached hydrogen (secondary N) is 1. The van der Waals surface area contributed by atoms with Gasteiger partial charge in [-0.15, -0.1) is 0 Å². The van der Waals surface area contributed by atoms with Crippen LogP contribution in [-0.2, 0) is 23.6 Å². The topological polar surface area (TPSA) is 71.3 Å². The van der Waals surface area contributed by atoms with Crippen LogP contribution in [-0.4, -0.2) is 18.1 Å². The van der Waals surface area contributed by atoms with Gasteiger partial charge in [-0.2, -0.15) is 0 Å². The van der Waals surface area contributed by atoms with Crippen LogP contribution in [0.15, 0.2) is 47.6 Å². The van der Waals surface area contributed by atoms with E-state index < -0.39 is 10.0 Å². The number of aromatic nitrogens is 1. The molecule has 2 N–H and O–H groups in total. The van der Waals surface area contributed by atoms with Crippen LogP contribution >= 0.6 is 0 Å². The van der Waals surface area contributed by atoms with Crippen molar-refractivity contribution in [1.82, 2.24) is 9.29 Å². The first-order valence-corrected chi connectivity index (χ1v) is 6.85. The molecule has 0 aliphatic heterocycles. The Hall–Kier alpha value is -1.79. The molecule has 6 heteroatoms. The Morgan fingerprint density at radius 2 is 1.89 bits per heavy atom. The summed E-state index contributed by atoms with van der Waals surface area (Å²) in [6.07, 6.45) is 3.70. The maximum absolute atomic E-state index is 11.9. The molecule has 1 heterocycles. The fourth-order valence-electron chi connectivity index (χ4n) is 1.55. The van der Waals surface area contributed by atoms with Gasteiger partial charge in [-0.25, -0.2) is 13.1 Å². The van der Waals surface area contributed by atoms with Crippen LogP contribution in [0.4, 0.5) is 0 Å². The summed E-state index contributed by atoms with van der Waals surface area (Å²) in [5, 5.41) is 9.12. The smallest absolute Gasteiger partial charge is 0.240 e. The summed E-state index contributed by atoms with van der Waals surface area (Å²) in [6, 6.07) is 7.26. The predicted octanol–water partition coefficient (Wildman–Crippen LogP) is 1.21. The SMILES string of the molecule is Cn1ccc(CNS(=O)(=O)c2ccc(O)cc2)c1. The molecule has 0 atom stereocenters. The van der Waals surface area contributed by atoms with E-state index in [9.17, 15) is 8.42 Å². The molecule has 0 fully saturated rings. The quantitative estimate of drug-likeness (QED) is 0.873. The molecule has 2 aromatic rings. The molecule has 5 nitrogen and oxygen atoms in total. The highest BCUT2D eigenvalue weighted by Gasteiger charge is 2.13. The summed E-state index contributed by atoms with van der Waals surface area (Å²) in [7, 11) is -1.66. The molecule has 96 valence electrons. The van der Waals surface area contributed by atoms with E-state index in [0.717, 1.165) is 5.56 Å². The van der Waals surface area contributed by atoms with Crippen LogP contribution in [0.2, 0.25) is 0 Å². The van der Waals surface area contributed by atoms with E-state index in [0.29, 0.717) is 0 Å². The Morgan fingerprint density at radius 1 is 1.22 bits per heavy atom. The van der Waals surface area contributed by atoms with Crippen LogP contribution in [0.5, 0.6) is 5.75 Å². The molecule has 0 amide bonds. The lowest BCUT2D eigenvalue weighted by Gasteiger charge is -2.05. The van der Waals surface area contributed by atoms with Gasteiger partial charge in [0, 0.05) is 26.0 Å². The molecule has 18 heavy (non-hydrogen) atoms. The van der Waals surface area contributed by atoms with E-state index in [1.54, 1.807) is 0 Å². The number of hydrogen-bond donors (Lipinski definition) is 2. The number of phenolic OH excluding ortho intramolecular Hbond substituents is 1. The van der Waals surface area contributed by atoms with E-state index in [2.05, 4.69) is 4.72 Å². The molecular weight excluding hydrogens is 252 g/mol. The number of hydrogen-bond acceptors (Lipinski definition) is 3. The molecular formula is C12H14N2O3S. The zero-order chi connectivity index (χ0) is 13.2. The molecule has 0 spiro atoms. The minimum atomic E-state index is -3.54. The largest absolute Gasteiger partial charge is 0.508 e. The fourth-order valence-corrected chi connectivity index (χ4v) is 2.57. The van der Waals surface area contributed by atoms with Crippen molar-refractivity contribution in [2.45, 2.75) is 11.4 Å². The number of sulfonamides is 1. The van der Waals surface area contributed by atoms with Gasteiger partial charge < -0.3 is 9.67 Å². The number of aryl methyl sites for hydroxylation is 1. The first-order valence-electron chi connectivity index (χ1n) is 5.37. The summed E-state index contributed by atoms with van der Waals surface area (Å²) in [6.45, 7) is 0.240. The molecule has 0 unspecified atom stereocenters. The molecule has 0 saturated carbocycles. The highest BCUT2D eigenvalue weighted by Crippen LogP contribution is 2.14. The second-order valence-corrected chi connectivity index (χ2v) is 5.77. The van der Waals surface area contributed by atoms with Crippen molar-refractivity contribution < 1.29 is 13.5 Å². The molecule has 1 aromatic carbocycles. The van der Waals surface area contributed by atoms with Crippen LogP contribution < -0.4 is 4.72 Å². The maximum atomic E-state index is 11.9. The van der Waals surface area contributed by atoms with E-state index in [1.165, 1.54) is 24.3 Å². The van der Waals surface area contributed by atoms with Gasteiger partial charge in [0.15, 0.2) is 0 Å². The van der Waals surface area contributed by atoms with Gasteiger partial charge in [-0.05, 0) is 35.9 Å². The number of rotatable bonds is 4. The van der Waals surface area contributed by atoms with Crippen molar-refractivity contribution in [1.29, 1.82) is 0 Å². The van der Waals surface area contributed by atoms with Crippen LogP contribution in [0.25, 0.3) is 0 Å². The van der Waals surface area contributed by atoms with Crippen molar-refractivity contribution in [3.05, 3.63) is 48.3 Å². The van der Waals surface area contributed by atoms with Gasteiger partial charge in [-0.1, -0.05) is 0 Å². The third kappa shape index (κ3) is 2.91. The molecule has 0 aliphatic carbocycles. The van der Waals surface area contributed by atoms with Crippen molar-refractivity contribution in [2.24, 2.45) is 7.05 Å². The average Bonchev–Trinajstić information content (AvgIpc) is 2.73. The van der Waals surface area contributed by atoms with E-state index >= 15 is 0 Å². The van der Waals surface area contributed by atoms with E-state index in [-0.39, 0.29) is 17.2 Å². The Bertz CT molecular complexity index is 630. The summed E-state index contributed by atoms with van der Waals surface area (Å²) < 4.78 is 28.2. The lowest BCUT2D eigenvalue weighted by molar-refractivity contribution is 0.474. The minimum Gasteiger partial charge on any atom is -0.508 e. The van der Waals surface area contributed by atoms with Crippen LogP contribution in [0, 0.1) is 0 Å². The highest BCUT2D eigenvalue weighted by atomic mass is 32.2. The minimum absolute atomic E-state index is 0.0389. The molecule has 0 radical (unpaired) electrons. The summed E-state index contributed by atoms with van der Waals surface area (Å²) in [5.74, 6) is 0.0389. The van der Waals surface area contributed by atoms with Gasteiger partial charge in [0.05, 0.1) is 4.90 Å². The maximum Gasteiger partial charge on any atom is 0.240 e. The van der Waals surface area contributed by atoms with Gasteiger partial charge in [0.1, 0.15) is 5.75 Å². The number of phenols is 1. The standard InChI is InChI=1S/C12H14N2O3S/c1-14-7-6-10(9-14)8-13-18(16,17)12-4-2-11(15)3-5-12/h2-7,9,13,15H,8H2,1H3. The van der Waals surface area contributed by atoms with Gasteiger partial charge >= 0.3 is 0 Å². The molecule has 0 saturated heterocycles. The van der Waals surface area contributed by atoms with E-state index in [1.807, 2.05) is 30.1 Å². The van der Waals surface area contributed by atoms with Gasteiger partial charge in [-0.3, -0.25) is 0 Å². The van der Waals surface area contributed by atoms with Crippen LogP contribution in [0.1, 0.15) is 5.56 Å². The predicted molar refractivity (Wildman–Crippen MR) is 67.5 cm³/mol. The molecule has 2 rings (SSSR count). The Balaban J connectivity index is 2.10. The Morgan fingerprint density at radius 3 is 2.44 bits per heavy atom. The van der Waals surface area contributed by atoms with E-state index in [4.69, 9.17) is 5.11 Å². The third-order valence-corrected chi connectivity index (χ3v) is 3.92. The summed E-state index contributed by atoms with van der Waals surface area (Å²) >= 11 is 0. The number of benzene rings is 1. The third-order valence-electron chi connectivity index (χ3n) is 2.51. The monoisotopic (exact) mass is 266 g/mol. The molecule has 0 aliphatic rings. The lowest BCUT2D eigenvalue weighted by Crippen LogP contribution is -2.22. The van der Waals surface area contributed by atoms with Gasteiger partial charge in [0.25, 0.3) is 0 Å². The second-order valence-electron chi connectivity index (χ2n) is 4.00. The zero-order valence-corrected chi connectivity index (χ0v) is 10.7. The Labute approximate surface area is 106 Å². The van der Waals surface area contributed by atoms with Crippen molar-refractivity contribution in [3.8, 4) is 5.75 Å². The van der Waals surface area contributed by atoms with Crippen molar-refractivity contribution in [2.75, 3.05) is 0 Å². The van der Waals surface area contributed by atoms with Crippen molar-refractivity contribution >= 4 is 10.0 Å². The van der Waals surface area contributed by atoms with Crippen LogP contribution in [0.3, 0.4) is 0 Å². The highest BCUT2D eigenvalue weighted by molar-refractivity contribution is 7.89. The van der Waals surface area contributed by atoms with Crippen molar-refractivity contribution in [3.63, 3.8) is 0 Å². The summed E-state index contributed by atoms with van der Waals surface area (Å²) in [4.78, 5) is 0.135. The van der Waals surface area contributed by atoms with Gasteiger partial charge in [0.2, 0.25) is 10.0 Å². The average molecular weight is 266 g/mol. The normalized spacial score (nSPS) is 11.6. The summed E-state index contributed by atoms with van der Waals surface area (Å²) in [5.41, 5.74) is 0.889. The Kier molecular flexibility index (Phi) is 3.40. The number of aromatic hydroxyl groups is 1. The fraction of sp³-hybridized carbons (Fsp3) is 0.167. The first-order chi connectivity index (χ1) is 8.47. The zero-order valence-electron chi connectivity index (χ0n) is 9.87. The number of nitrogens with zero attached hydrogens (tertiary/aromatic N) is 1. The first kappa shape index (κ1) is 12.7. The molecule has 0 bridgehead atoms. The molecule has 1 aromatic heterocycles.